The van der Waals surface area contributed by atoms with Crippen molar-refractivity contribution in [3.63, 3.8) is 0 Å². The first kappa shape index (κ1) is 16.8. The Labute approximate surface area is 158 Å². The smallest absolute Gasteiger partial charge is 0.254 e. The SMILES string of the molecule is O=C(NC[C@H]1[C@H]2CN(Cc3cccc(O)c3)C[C@]23CC[C@H]1O3)c1ccoc1. The first-order valence-electron chi connectivity index (χ1n) is 9.61. The Morgan fingerprint density at radius 3 is 3.11 bits per heavy atom. The molecule has 4 heterocycles. The van der Waals surface area contributed by atoms with Crippen LogP contribution in [-0.4, -0.2) is 47.3 Å². The van der Waals surface area contributed by atoms with Crippen LogP contribution in [0, 0.1) is 11.8 Å². The Morgan fingerprint density at radius 1 is 1.37 bits per heavy atom. The lowest BCUT2D eigenvalue weighted by atomic mass is 9.73. The molecule has 1 aromatic heterocycles. The van der Waals surface area contributed by atoms with Crippen molar-refractivity contribution in [3.05, 3.63) is 54.0 Å². The van der Waals surface area contributed by atoms with E-state index in [-0.39, 0.29) is 17.6 Å². The Hall–Kier alpha value is -2.31. The molecule has 1 aromatic carbocycles. The van der Waals surface area contributed by atoms with Gasteiger partial charge in [0.1, 0.15) is 12.0 Å². The molecule has 3 saturated heterocycles. The summed E-state index contributed by atoms with van der Waals surface area (Å²) in [6.07, 6.45) is 5.41. The molecule has 1 amide bonds. The molecule has 27 heavy (non-hydrogen) atoms. The fourth-order valence-corrected chi connectivity index (χ4v) is 5.30. The van der Waals surface area contributed by atoms with Crippen LogP contribution in [0.25, 0.3) is 0 Å². The van der Waals surface area contributed by atoms with Crippen molar-refractivity contribution in [2.24, 2.45) is 11.8 Å². The molecule has 0 radical (unpaired) electrons. The van der Waals surface area contributed by atoms with E-state index in [1.165, 1.54) is 12.5 Å². The topological polar surface area (TPSA) is 74.9 Å². The van der Waals surface area contributed by atoms with Gasteiger partial charge in [-0.25, -0.2) is 0 Å². The highest BCUT2D eigenvalue weighted by Gasteiger charge is 2.62. The lowest BCUT2D eigenvalue weighted by Crippen LogP contribution is -2.41. The molecule has 3 aliphatic heterocycles. The maximum Gasteiger partial charge on any atom is 0.254 e. The van der Waals surface area contributed by atoms with Gasteiger partial charge >= 0.3 is 0 Å². The predicted molar refractivity (Wildman–Crippen MR) is 98.2 cm³/mol. The van der Waals surface area contributed by atoms with Crippen molar-refractivity contribution in [1.29, 1.82) is 0 Å². The number of likely N-dealkylation sites (tertiary alicyclic amines) is 1. The summed E-state index contributed by atoms with van der Waals surface area (Å²) < 4.78 is 11.4. The highest BCUT2D eigenvalue weighted by atomic mass is 16.5. The summed E-state index contributed by atoms with van der Waals surface area (Å²) in [5.74, 6) is 1.01. The number of aromatic hydroxyl groups is 1. The van der Waals surface area contributed by atoms with Gasteiger partial charge < -0.3 is 19.6 Å². The summed E-state index contributed by atoms with van der Waals surface area (Å²) in [5.41, 5.74) is 1.61. The van der Waals surface area contributed by atoms with Gasteiger partial charge in [-0.05, 0) is 36.6 Å². The number of nitrogens with zero attached hydrogens (tertiary/aromatic N) is 1. The monoisotopic (exact) mass is 368 g/mol. The number of phenolic OH excluding ortho intramolecular Hbond substituents is 1. The highest BCUT2D eigenvalue weighted by molar-refractivity contribution is 5.93. The first-order valence-corrected chi connectivity index (χ1v) is 9.61. The van der Waals surface area contributed by atoms with Crippen LogP contribution < -0.4 is 5.32 Å². The zero-order valence-corrected chi connectivity index (χ0v) is 15.1. The Kier molecular flexibility index (Phi) is 3.98. The van der Waals surface area contributed by atoms with Gasteiger partial charge in [-0.1, -0.05) is 12.1 Å². The quantitative estimate of drug-likeness (QED) is 0.848. The van der Waals surface area contributed by atoms with E-state index in [0.29, 0.717) is 29.7 Å². The fourth-order valence-electron chi connectivity index (χ4n) is 5.30. The van der Waals surface area contributed by atoms with Crippen molar-refractivity contribution < 1.29 is 19.1 Å². The largest absolute Gasteiger partial charge is 0.508 e. The number of carbonyl (C=O) groups excluding carboxylic acids is 1. The molecular weight excluding hydrogens is 344 g/mol. The van der Waals surface area contributed by atoms with E-state index >= 15 is 0 Å². The number of hydrogen-bond donors (Lipinski definition) is 2. The molecule has 142 valence electrons. The zero-order valence-electron chi connectivity index (χ0n) is 15.1. The normalized spacial score (nSPS) is 31.9. The Bertz CT molecular complexity index is 836. The molecule has 0 saturated carbocycles. The Balaban J connectivity index is 1.26. The van der Waals surface area contributed by atoms with Gasteiger partial charge in [0.25, 0.3) is 5.91 Å². The van der Waals surface area contributed by atoms with Gasteiger partial charge in [-0.2, -0.15) is 0 Å². The molecular formula is C21H24N2O4. The van der Waals surface area contributed by atoms with Gasteiger partial charge in [0.2, 0.25) is 0 Å². The number of amides is 1. The lowest BCUT2D eigenvalue weighted by Gasteiger charge is -2.29. The van der Waals surface area contributed by atoms with E-state index in [9.17, 15) is 9.90 Å². The van der Waals surface area contributed by atoms with E-state index in [0.717, 1.165) is 38.0 Å². The summed E-state index contributed by atoms with van der Waals surface area (Å²) in [6.45, 7) is 3.35. The van der Waals surface area contributed by atoms with Crippen molar-refractivity contribution in [3.8, 4) is 5.75 Å². The number of fused-ring (bicyclic) bond motifs is 1. The number of phenols is 1. The Morgan fingerprint density at radius 2 is 2.30 bits per heavy atom. The second kappa shape index (κ2) is 6.39. The van der Waals surface area contributed by atoms with Gasteiger partial charge in [0.15, 0.2) is 0 Å². The van der Waals surface area contributed by atoms with Crippen LogP contribution in [0.3, 0.4) is 0 Å². The number of carbonyl (C=O) groups is 1. The van der Waals surface area contributed by atoms with E-state index < -0.39 is 0 Å². The molecule has 4 atom stereocenters. The van der Waals surface area contributed by atoms with Gasteiger partial charge in [-0.3, -0.25) is 9.69 Å². The van der Waals surface area contributed by atoms with E-state index in [2.05, 4.69) is 10.2 Å². The minimum atomic E-state index is -0.0878. The molecule has 5 rings (SSSR count). The molecule has 3 aliphatic rings. The average molecular weight is 368 g/mol. The minimum Gasteiger partial charge on any atom is -0.508 e. The third-order valence-electron chi connectivity index (χ3n) is 6.45. The van der Waals surface area contributed by atoms with Crippen LogP contribution in [0.1, 0.15) is 28.8 Å². The second-order valence-electron chi connectivity index (χ2n) is 8.09. The summed E-state index contributed by atoms with van der Waals surface area (Å²) >= 11 is 0. The summed E-state index contributed by atoms with van der Waals surface area (Å²) in [4.78, 5) is 14.7. The zero-order chi connectivity index (χ0) is 18.4. The maximum absolute atomic E-state index is 12.3. The maximum atomic E-state index is 12.3. The van der Waals surface area contributed by atoms with Crippen LogP contribution in [0.2, 0.25) is 0 Å². The van der Waals surface area contributed by atoms with Crippen LogP contribution in [-0.2, 0) is 11.3 Å². The molecule has 0 aliphatic carbocycles. The van der Waals surface area contributed by atoms with Crippen LogP contribution in [0.4, 0.5) is 0 Å². The molecule has 2 N–H and O–H groups in total. The standard InChI is InChI=1S/C21H24N2O4/c24-16-3-1-2-14(8-16)10-23-11-18-17(19-4-6-21(18,13-23)27-19)9-22-20(25)15-5-7-26-12-15/h1-3,5,7-8,12,17-19,24H,4,6,9-11,13H2,(H,22,25)/t17-,18+,19+,21+/m0/s1. The molecule has 1 spiro atoms. The molecule has 2 bridgehead atoms. The van der Waals surface area contributed by atoms with Crippen LogP contribution in [0.15, 0.2) is 47.3 Å². The average Bonchev–Trinajstić information content (AvgIpc) is 3.40. The minimum absolute atomic E-state index is 0.0630. The summed E-state index contributed by atoms with van der Waals surface area (Å²) in [6, 6.07) is 9.14. The molecule has 6 nitrogen and oxygen atoms in total. The van der Waals surface area contributed by atoms with Crippen LogP contribution >= 0.6 is 0 Å². The third kappa shape index (κ3) is 2.93. The number of furan rings is 1. The molecule has 2 aromatic rings. The van der Waals surface area contributed by atoms with Crippen molar-refractivity contribution in [1.82, 2.24) is 10.2 Å². The van der Waals surface area contributed by atoms with Gasteiger partial charge in [0, 0.05) is 38.0 Å². The molecule has 6 heteroatoms. The van der Waals surface area contributed by atoms with E-state index in [1.807, 2.05) is 18.2 Å². The van der Waals surface area contributed by atoms with E-state index in [4.69, 9.17) is 9.15 Å². The highest BCUT2D eigenvalue weighted by Crippen LogP contribution is 2.54. The molecule has 0 unspecified atom stereocenters. The lowest BCUT2D eigenvalue weighted by molar-refractivity contribution is 0.00212. The third-order valence-corrected chi connectivity index (χ3v) is 6.45. The first-order chi connectivity index (χ1) is 13.1. The van der Waals surface area contributed by atoms with Crippen LogP contribution in [0.5, 0.6) is 5.75 Å². The van der Waals surface area contributed by atoms with Gasteiger partial charge in [-0.15, -0.1) is 0 Å². The number of rotatable bonds is 5. The second-order valence-corrected chi connectivity index (χ2v) is 8.09. The number of hydrogen-bond acceptors (Lipinski definition) is 5. The predicted octanol–water partition coefficient (Wildman–Crippen LogP) is 2.39. The number of nitrogens with one attached hydrogen (secondary N) is 1. The van der Waals surface area contributed by atoms with E-state index in [1.54, 1.807) is 12.1 Å². The van der Waals surface area contributed by atoms with Crippen molar-refractivity contribution in [2.45, 2.75) is 31.1 Å². The number of benzene rings is 1. The summed E-state index contributed by atoms with van der Waals surface area (Å²) in [7, 11) is 0. The van der Waals surface area contributed by atoms with Crippen molar-refractivity contribution in [2.75, 3.05) is 19.6 Å². The van der Waals surface area contributed by atoms with Gasteiger partial charge in [0.05, 0.1) is 23.5 Å². The molecule has 3 fully saturated rings. The number of ether oxygens (including phenoxy) is 1. The fraction of sp³-hybridized carbons (Fsp3) is 0.476. The van der Waals surface area contributed by atoms with Crippen molar-refractivity contribution >= 4 is 5.91 Å². The summed E-state index contributed by atoms with van der Waals surface area (Å²) in [5, 5.41) is 12.8.